The molecule has 11 nitrogen and oxygen atoms in total. The second kappa shape index (κ2) is 15.3. The molecule has 1 atom stereocenters. The Kier molecular flexibility index (Phi) is 10.0. The van der Waals surface area contributed by atoms with Crippen molar-refractivity contribution < 1.29 is 24.3 Å². The summed E-state index contributed by atoms with van der Waals surface area (Å²) < 4.78 is 0. The normalized spacial score (nSPS) is 19.3. The maximum atomic E-state index is 13.6. The molecule has 4 aliphatic heterocycles. The van der Waals surface area contributed by atoms with Gasteiger partial charge in [-0.3, -0.25) is 19.7 Å². The van der Waals surface area contributed by atoms with Crippen molar-refractivity contribution in [3.63, 3.8) is 0 Å². The average molecular weight is 739 g/mol. The molecular weight excluding hydrogens is 693 g/mol. The fourth-order valence-electron chi connectivity index (χ4n) is 8.42. The predicted octanol–water partition coefficient (Wildman–Crippen LogP) is 5.59. The number of rotatable bonds is 7. The molecule has 0 spiro atoms. The van der Waals surface area contributed by atoms with Crippen LogP contribution in [0.15, 0.2) is 97.1 Å². The van der Waals surface area contributed by atoms with Crippen molar-refractivity contribution in [3.05, 3.63) is 125 Å². The van der Waals surface area contributed by atoms with E-state index in [0.29, 0.717) is 57.8 Å². The molecule has 0 unspecified atom stereocenters. The first kappa shape index (κ1) is 35.9. The molecule has 282 valence electrons. The number of aromatic hydroxyl groups is 1. The minimum absolute atomic E-state index is 0.0748. The number of anilines is 2. The molecule has 0 aliphatic carbocycles. The summed E-state index contributed by atoms with van der Waals surface area (Å²) >= 11 is 0. The summed E-state index contributed by atoms with van der Waals surface area (Å²) in [6.07, 6.45) is 1.43. The topological polar surface area (TPSA) is 117 Å². The molecule has 4 heterocycles. The Bertz CT molecular complexity index is 2120. The summed E-state index contributed by atoms with van der Waals surface area (Å²) in [6.45, 7) is 7.91. The van der Waals surface area contributed by atoms with E-state index in [1.807, 2.05) is 46.2 Å². The second-order valence-corrected chi connectivity index (χ2v) is 14.6. The first-order valence-electron chi connectivity index (χ1n) is 19.3. The third-order valence-corrected chi connectivity index (χ3v) is 11.4. The van der Waals surface area contributed by atoms with Crippen LogP contribution in [0.5, 0.6) is 5.75 Å². The van der Waals surface area contributed by atoms with E-state index < -0.39 is 11.9 Å². The number of carbonyl (C=O) groups excluding carboxylic acids is 4. The Hall–Kier alpha value is -6.10. The van der Waals surface area contributed by atoms with E-state index in [1.54, 1.807) is 17.0 Å². The highest BCUT2D eigenvalue weighted by Crippen LogP contribution is 2.36. The van der Waals surface area contributed by atoms with Gasteiger partial charge in [-0.05, 0) is 88.7 Å². The first-order valence-corrected chi connectivity index (χ1v) is 19.3. The molecule has 5 amide bonds. The number of benzene rings is 4. The maximum absolute atomic E-state index is 13.6. The number of urea groups is 1. The van der Waals surface area contributed by atoms with Gasteiger partial charge in [-0.1, -0.05) is 61.5 Å². The van der Waals surface area contributed by atoms with Crippen LogP contribution in [0.2, 0.25) is 0 Å². The lowest BCUT2D eigenvalue weighted by Gasteiger charge is -2.41. The lowest BCUT2D eigenvalue weighted by atomic mass is 9.88. The molecule has 4 aliphatic rings. The zero-order chi connectivity index (χ0) is 38.1. The van der Waals surface area contributed by atoms with Gasteiger partial charge in [-0.15, -0.1) is 0 Å². The Morgan fingerprint density at radius 2 is 1.29 bits per heavy atom. The minimum Gasteiger partial charge on any atom is -0.508 e. The Morgan fingerprint density at radius 1 is 0.709 bits per heavy atom. The highest BCUT2D eigenvalue weighted by Gasteiger charge is 2.39. The number of hydrogen-bond donors (Lipinski definition) is 2. The summed E-state index contributed by atoms with van der Waals surface area (Å²) in [5.41, 5.74) is 9.36. The zero-order valence-corrected chi connectivity index (χ0v) is 31.1. The Morgan fingerprint density at radius 3 is 1.89 bits per heavy atom. The summed E-state index contributed by atoms with van der Waals surface area (Å²) in [5.74, 6) is -0.638. The number of nitrogens with zero attached hydrogens (tertiary/aromatic N) is 5. The van der Waals surface area contributed by atoms with E-state index in [0.717, 1.165) is 53.1 Å². The SMILES string of the molecule is CC/C(=C(/c1ccc(O)cc1)c1ccc(N2CCN(C(=O)N3CCN(c4ccc5c(c4)CN([C@@H]4CCC(=O)NC4=O)C5=O)CC3)CC2)cc1)c1ccccc1. The molecule has 0 radical (unpaired) electrons. The number of imide groups is 1. The van der Waals surface area contributed by atoms with Crippen LogP contribution in [0.3, 0.4) is 0 Å². The molecule has 3 saturated heterocycles. The summed E-state index contributed by atoms with van der Waals surface area (Å²) in [6, 6.07) is 31.8. The van der Waals surface area contributed by atoms with Crippen molar-refractivity contribution in [2.45, 2.75) is 38.8 Å². The van der Waals surface area contributed by atoms with E-state index >= 15 is 0 Å². The van der Waals surface area contributed by atoms with Gasteiger partial charge in [0.25, 0.3) is 5.91 Å². The number of piperazine rings is 2. The van der Waals surface area contributed by atoms with E-state index in [2.05, 4.69) is 70.6 Å². The molecule has 2 N–H and O–H groups in total. The average Bonchev–Trinajstić information content (AvgIpc) is 3.55. The lowest BCUT2D eigenvalue weighted by molar-refractivity contribution is -0.136. The molecule has 8 rings (SSSR count). The van der Waals surface area contributed by atoms with Crippen LogP contribution in [0.25, 0.3) is 11.1 Å². The first-order chi connectivity index (χ1) is 26.8. The van der Waals surface area contributed by atoms with Crippen LogP contribution < -0.4 is 15.1 Å². The van der Waals surface area contributed by atoms with Crippen LogP contribution in [-0.2, 0) is 16.1 Å². The van der Waals surface area contributed by atoms with Gasteiger partial charge in [0, 0.05) is 82.3 Å². The van der Waals surface area contributed by atoms with Gasteiger partial charge in [0.1, 0.15) is 11.8 Å². The number of allylic oxidation sites excluding steroid dienone is 1. The van der Waals surface area contributed by atoms with E-state index in [-0.39, 0.29) is 30.0 Å². The van der Waals surface area contributed by atoms with Crippen molar-refractivity contribution in [2.24, 2.45) is 0 Å². The number of fused-ring (bicyclic) bond motifs is 1. The number of piperidine rings is 1. The summed E-state index contributed by atoms with van der Waals surface area (Å²) in [7, 11) is 0. The number of carbonyl (C=O) groups is 4. The van der Waals surface area contributed by atoms with E-state index in [9.17, 15) is 24.3 Å². The lowest BCUT2D eigenvalue weighted by Crippen LogP contribution is -2.57. The Labute approximate surface area is 321 Å². The number of phenols is 1. The number of amides is 5. The van der Waals surface area contributed by atoms with Crippen LogP contribution in [0.4, 0.5) is 16.2 Å². The third-order valence-electron chi connectivity index (χ3n) is 11.4. The molecule has 0 aromatic heterocycles. The van der Waals surface area contributed by atoms with Gasteiger partial charge in [0.15, 0.2) is 0 Å². The minimum atomic E-state index is -0.634. The molecule has 55 heavy (non-hydrogen) atoms. The van der Waals surface area contributed by atoms with Crippen LogP contribution >= 0.6 is 0 Å². The van der Waals surface area contributed by atoms with Gasteiger partial charge >= 0.3 is 6.03 Å². The summed E-state index contributed by atoms with van der Waals surface area (Å²) in [5, 5.41) is 12.3. The molecule has 0 saturated carbocycles. The van der Waals surface area contributed by atoms with Gasteiger partial charge < -0.3 is 29.6 Å². The predicted molar refractivity (Wildman–Crippen MR) is 213 cm³/mol. The van der Waals surface area contributed by atoms with Gasteiger partial charge in [-0.2, -0.15) is 0 Å². The standard InChI is InChI=1S/C44H46N6O5/c1-2-37(30-6-4-3-5-7-30)41(32-10-15-36(51)16-11-32)31-8-12-34(13-9-31)46-20-24-48(25-21-46)44(55)49-26-22-47(23-27-49)35-14-17-38-33(28-35)29-50(43(38)54)39-18-19-40(52)45-42(39)53/h3-17,28,39,51H,2,18-27,29H2,1H3,(H,45,52,53)/b41-37-/t39-/m1/s1. The molecule has 3 fully saturated rings. The number of hydrogen-bond acceptors (Lipinski definition) is 7. The molecule has 0 bridgehead atoms. The van der Waals surface area contributed by atoms with Crippen molar-refractivity contribution in [2.75, 3.05) is 62.2 Å². The second-order valence-electron chi connectivity index (χ2n) is 14.6. The fourth-order valence-corrected chi connectivity index (χ4v) is 8.42. The monoisotopic (exact) mass is 738 g/mol. The molecular formula is C44H46N6O5. The van der Waals surface area contributed by atoms with Crippen molar-refractivity contribution in [1.29, 1.82) is 0 Å². The highest BCUT2D eigenvalue weighted by atomic mass is 16.3. The number of phenolic OH excluding ortho intramolecular Hbond substituents is 1. The smallest absolute Gasteiger partial charge is 0.320 e. The van der Waals surface area contributed by atoms with Gasteiger partial charge in [-0.25, -0.2) is 4.79 Å². The summed E-state index contributed by atoms with van der Waals surface area (Å²) in [4.78, 5) is 60.9. The maximum Gasteiger partial charge on any atom is 0.320 e. The van der Waals surface area contributed by atoms with Gasteiger partial charge in [0.2, 0.25) is 11.8 Å². The molecule has 11 heteroatoms. The zero-order valence-electron chi connectivity index (χ0n) is 31.1. The van der Waals surface area contributed by atoms with E-state index in [4.69, 9.17) is 0 Å². The van der Waals surface area contributed by atoms with Crippen LogP contribution in [0.1, 0.15) is 58.8 Å². The van der Waals surface area contributed by atoms with Gasteiger partial charge in [0.05, 0.1) is 0 Å². The highest BCUT2D eigenvalue weighted by molar-refractivity contribution is 6.05. The third kappa shape index (κ3) is 7.26. The molecule has 4 aromatic carbocycles. The fraction of sp³-hybridized carbons (Fsp3) is 0.318. The number of nitrogens with one attached hydrogen (secondary N) is 1. The van der Waals surface area contributed by atoms with Crippen molar-refractivity contribution >= 4 is 46.3 Å². The van der Waals surface area contributed by atoms with Crippen LogP contribution in [-0.4, -0.2) is 102 Å². The van der Waals surface area contributed by atoms with Crippen molar-refractivity contribution in [1.82, 2.24) is 20.0 Å². The Balaban J connectivity index is 0.869. The van der Waals surface area contributed by atoms with Crippen LogP contribution in [0, 0.1) is 0 Å². The van der Waals surface area contributed by atoms with Crippen molar-refractivity contribution in [3.8, 4) is 5.75 Å². The largest absolute Gasteiger partial charge is 0.508 e. The quantitative estimate of drug-likeness (QED) is 0.188. The van der Waals surface area contributed by atoms with E-state index in [1.165, 1.54) is 11.1 Å². The molecule has 4 aromatic rings.